The molecular formula is C15H13N3O4S3. The molecule has 3 rings (SSSR count). The molecule has 0 spiro atoms. The number of aromatic nitrogens is 1. The number of nitro groups is 1. The van der Waals surface area contributed by atoms with Gasteiger partial charge in [0.1, 0.15) is 4.90 Å². The number of rotatable bonds is 5. The van der Waals surface area contributed by atoms with Crippen LogP contribution >= 0.6 is 22.7 Å². The average Bonchev–Trinajstić information content (AvgIpc) is 3.13. The second-order valence-electron chi connectivity index (χ2n) is 5.23. The van der Waals surface area contributed by atoms with Crippen LogP contribution in [0.4, 0.5) is 10.8 Å². The number of hydrogen-bond donors (Lipinski definition) is 1. The van der Waals surface area contributed by atoms with Gasteiger partial charge in [-0.3, -0.25) is 14.8 Å². The third-order valence-electron chi connectivity index (χ3n) is 3.36. The molecule has 0 atom stereocenters. The van der Waals surface area contributed by atoms with Crippen molar-refractivity contribution in [3.63, 3.8) is 0 Å². The van der Waals surface area contributed by atoms with Crippen LogP contribution in [0.2, 0.25) is 0 Å². The van der Waals surface area contributed by atoms with Gasteiger partial charge in [0, 0.05) is 32.8 Å². The van der Waals surface area contributed by atoms with Crippen molar-refractivity contribution in [2.75, 3.05) is 4.72 Å². The Balaban J connectivity index is 1.88. The van der Waals surface area contributed by atoms with E-state index in [0.717, 1.165) is 16.2 Å². The van der Waals surface area contributed by atoms with Crippen molar-refractivity contribution in [1.29, 1.82) is 0 Å². The van der Waals surface area contributed by atoms with Crippen molar-refractivity contribution in [2.45, 2.75) is 18.7 Å². The molecule has 25 heavy (non-hydrogen) atoms. The summed E-state index contributed by atoms with van der Waals surface area (Å²) in [7, 11) is -3.71. The van der Waals surface area contributed by atoms with E-state index in [2.05, 4.69) is 9.71 Å². The Morgan fingerprint density at radius 1 is 1.24 bits per heavy atom. The molecule has 1 N–H and O–H groups in total. The number of nitrogens with zero attached hydrogens (tertiary/aromatic N) is 2. The fraction of sp³-hybridized carbons (Fsp3) is 0.133. The van der Waals surface area contributed by atoms with Gasteiger partial charge in [-0.2, -0.15) is 0 Å². The predicted molar refractivity (Wildman–Crippen MR) is 98.8 cm³/mol. The summed E-state index contributed by atoms with van der Waals surface area (Å²) in [5, 5.41) is 12.7. The maximum absolute atomic E-state index is 12.5. The lowest BCUT2D eigenvalue weighted by atomic mass is 10.1. The second kappa shape index (κ2) is 6.54. The molecule has 1 aromatic carbocycles. The second-order valence-corrected chi connectivity index (χ2v) is 9.20. The van der Waals surface area contributed by atoms with Crippen LogP contribution in [0.1, 0.15) is 9.75 Å². The Morgan fingerprint density at radius 3 is 2.64 bits per heavy atom. The highest BCUT2D eigenvalue weighted by Gasteiger charge is 2.21. The van der Waals surface area contributed by atoms with Gasteiger partial charge in [-0.05, 0) is 19.9 Å². The van der Waals surface area contributed by atoms with Gasteiger partial charge in [-0.25, -0.2) is 13.4 Å². The number of non-ortho nitro benzene ring substituents is 1. The molecular weight excluding hydrogens is 382 g/mol. The molecule has 0 saturated heterocycles. The summed E-state index contributed by atoms with van der Waals surface area (Å²) in [5.74, 6) is 0. The zero-order valence-corrected chi connectivity index (χ0v) is 15.7. The topological polar surface area (TPSA) is 102 Å². The fourth-order valence-corrected chi connectivity index (χ4v) is 5.80. The number of benzene rings is 1. The monoisotopic (exact) mass is 395 g/mol. The van der Waals surface area contributed by atoms with Crippen LogP contribution in [0, 0.1) is 24.0 Å². The molecule has 0 unspecified atom stereocenters. The number of hydrogen-bond acceptors (Lipinski definition) is 7. The van der Waals surface area contributed by atoms with Crippen molar-refractivity contribution in [2.24, 2.45) is 0 Å². The van der Waals surface area contributed by atoms with E-state index in [0.29, 0.717) is 16.1 Å². The van der Waals surface area contributed by atoms with Crippen LogP contribution in [-0.4, -0.2) is 18.3 Å². The van der Waals surface area contributed by atoms with E-state index < -0.39 is 14.9 Å². The molecule has 0 aliphatic rings. The van der Waals surface area contributed by atoms with Crippen LogP contribution < -0.4 is 4.72 Å². The number of thiazole rings is 1. The lowest BCUT2D eigenvalue weighted by Gasteiger charge is -2.04. The SMILES string of the molecule is Cc1cc(S(=O)(=O)Nc2nc(-c3cccc([N+](=O)[O-])c3)cs2)c(C)s1. The van der Waals surface area contributed by atoms with Crippen LogP contribution in [0.5, 0.6) is 0 Å². The van der Waals surface area contributed by atoms with E-state index in [9.17, 15) is 18.5 Å². The molecule has 0 saturated carbocycles. The van der Waals surface area contributed by atoms with Crippen molar-refractivity contribution in [3.05, 3.63) is 55.6 Å². The van der Waals surface area contributed by atoms with E-state index >= 15 is 0 Å². The number of nitrogens with one attached hydrogen (secondary N) is 1. The summed E-state index contributed by atoms with van der Waals surface area (Å²) in [5.41, 5.74) is 0.986. The molecule has 0 amide bonds. The Hall–Kier alpha value is -2.30. The minimum Gasteiger partial charge on any atom is -0.258 e. The molecule has 7 nitrogen and oxygen atoms in total. The van der Waals surface area contributed by atoms with Gasteiger partial charge >= 0.3 is 0 Å². The molecule has 0 fully saturated rings. The summed E-state index contributed by atoms with van der Waals surface area (Å²) in [6.45, 7) is 3.60. The highest BCUT2D eigenvalue weighted by atomic mass is 32.2. The lowest BCUT2D eigenvalue weighted by Crippen LogP contribution is -2.12. The standard InChI is InChI=1S/C15H13N3O4S3/c1-9-6-14(10(2)24-9)25(21,22)17-15-16-13(8-23-15)11-4-3-5-12(7-11)18(19)20/h3-8H,1-2H3,(H,16,17). The highest BCUT2D eigenvalue weighted by Crippen LogP contribution is 2.30. The Morgan fingerprint density at radius 2 is 2.00 bits per heavy atom. The molecule has 130 valence electrons. The fourth-order valence-electron chi connectivity index (χ4n) is 2.28. The predicted octanol–water partition coefficient (Wildman–Crippen LogP) is 4.20. The summed E-state index contributed by atoms with van der Waals surface area (Å²) >= 11 is 2.54. The normalized spacial score (nSPS) is 11.4. The molecule has 2 heterocycles. The molecule has 0 bridgehead atoms. The maximum atomic E-state index is 12.5. The zero-order valence-electron chi connectivity index (χ0n) is 13.2. The van der Waals surface area contributed by atoms with Gasteiger partial charge < -0.3 is 0 Å². The number of sulfonamides is 1. The summed E-state index contributed by atoms with van der Waals surface area (Å²) < 4.78 is 27.5. The van der Waals surface area contributed by atoms with E-state index in [4.69, 9.17) is 0 Å². The Bertz CT molecular complexity index is 1050. The molecule has 3 aromatic rings. The van der Waals surface area contributed by atoms with Crippen molar-refractivity contribution < 1.29 is 13.3 Å². The molecule has 2 aromatic heterocycles. The number of anilines is 1. The summed E-state index contributed by atoms with van der Waals surface area (Å²) in [6, 6.07) is 7.67. The van der Waals surface area contributed by atoms with Gasteiger partial charge in [0.15, 0.2) is 5.13 Å². The first kappa shape index (κ1) is 17.5. The van der Waals surface area contributed by atoms with Gasteiger partial charge in [0.05, 0.1) is 10.6 Å². The van der Waals surface area contributed by atoms with E-state index in [1.165, 1.54) is 23.5 Å². The minimum atomic E-state index is -3.71. The largest absolute Gasteiger partial charge is 0.270 e. The Kier molecular flexibility index (Phi) is 4.58. The molecule has 10 heteroatoms. The molecule has 0 radical (unpaired) electrons. The third-order valence-corrected chi connectivity index (χ3v) is 6.81. The van der Waals surface area contributed by atoms with Crippen molar-refractivity contribution >= 4 is 43.5 Å². The summed E-state index contributed by atoms with van der Waals surface area (Å²) in [6.07, 6.45) is 0. The smallest absolute Gasteiger partial charge is 0.258 e. The summed E-state index contributed by atoms with van der Waals surface area (Å²) in [4.78, 5) is 16.5. The van der Waals surface area contributed by atoms with Gasteiger partial charge in [0.25, 0.3) is 15.7 Å². The average molecular weight is 395 g/mol. The lowest BCUT2D eigenvalue weighted by molar-refractivity contribution is -0.384. The van der Waals surface area contributed by atoms with E-state index in [1.807, 2.05) is 6.92 Å². The van der Waals surface area contributed by atoms with Crippen LogP contribution in [0.3, 0.4) is 0 Å². The highest BCUT2D eigenvalue weighted by molar-refractivity contribution is 7.93. The van der Waals surface area contributed by atoms with Crippen LogP contribution in [0.25, 0.3) is 11.3 Å². The Labute approximate surface area is 152 Å². The van der Waals surface area contributed by atoms with Crippen molar-refractivity contribution in [1.82, 2.24) is 4.98 Å². The first-order valence-electron chi connectivity index (χ1n) is 7.06. The van der Waals surface area contributed by atoms with E-state index in [1.54, 1.807) is 30.5 Å². The number of thiophene rings is 1. The molecule has 0 aliphatic heterocycles. The maximum Gasteiger partial charge on any atom is 0.270 e. The molecule has 0 aliphatic carbocycles. The zero-order chi connectivity index (χ0) is 18.2. The van der Waals surface area contributed by atoms with E-state index in [-0.39, 0.29) is 15.7 Å². The van der Waals surface area contributed by atoms with Gasteiger partial charge in [0.2, 0.25) is 0 Å². The minimum absolute atomic E-state index is 0.0444. The number of nitro benzene ring substituents is 1. The van der Waals surface area contributed by atoms with Crippen LogP contribution in [-0.2, 0) is 10.0 Å². The first-order chi connectivity index (χ1) is 11.8. The van der Waals surface area contributed by atoms with Gasteiger partial charge in [-0.15, -0.1) is 22.7 Å². The van der Waals surface area contributed by atoms with Crippen molar-refractivity contribution in [3.8, 4) is 11.3 Å². The first-order valence-corrected chi connectivity index (χ1v) is 10.2. The number of aryl methyl sites for hydroxylation is 2. The van der Waals surface area contributed by atoms with Gasteiger partial charge in [-0.1, -0.05) is 12.1 Å². The van der Waals surface area contributed by atoms with Crippen LogP contribution in [0.15, 0.2) is 40.6 Å². The quantitative estimate of drug-likeness (QED) is 0.515. The third kappa shape index (κ3) is 3.70.